The van der Waals surface area contributed by atoms with E-state index in [2.05, 4.69) is 6.07 Å². The van der Waals surface area contributed by atoms with Crippen LogP contribution in [0.1, 0.15) is 0 Å². The van der Waals surface area contributed by atoms with Gasteiger partial charge in [-0.05, 0) is 6.07 Å². The summed E-state index contributed by atoms with van der Waals surface area (Å²) in [5.74, 6) is 0.363. The van der Waals surface area contributed by atoms with Crippen LogP contribution in [-0.2, 0) is 0 Å². The first kappa shape index (κ1) is 6.45. The minimum absolute atomic E-state index is 0.363. The van der Waals surface area contributed by atoms with Gasteiger partial charge in [-0.15, -0.1) is 0 Å². The standard InChI is InChI=1S/C7H6NO3/c9-7-8(10)5-3-1-2-4-6(5)11-7/h1-3,7,9-10H. The maximum absolute atomic E-state index is 9.09. The van der Waals surface area contributed by atoms with Crippen LogP contribution in [0.15, 0.2) is 18.2 Å². The van der Waals surface area contributed by atoms with E-state index in [-0.39, 0.29) is 0 Å². The van der Waals surface area contributed by atoms with Crippen LogP contribution in [0.5, 0.6) is 5.75 Å². The van der Waals surface area contributed by atoms with Gasteiger partial charge in [-0.25, -0.2) is 0 Å². The second-order valence-corrected chi connectivity index (χ2v) is 2.17. The van der Waals surface area contributed by atoms with Crippen molar-refractivity contribution in [3.05, 3.63) is 24.3 Å². The van der Waals surface area contributed by atoms with Crippen LogP contribution < -0.4 is 9.80 Å². The topological polar surface area (TPSA) is 52.9 Å². The van der Waals surface area contributed by atoms with Gasteiger partial charge in [0.15, 0.2) is 5.75 Å². The quantitative estimate of drug-likeness (QED) is 0.563. The van der Waals surface area contributed by atoms with Crippen molar-refractivity contribution in [2.24, 2.45) is 0 Å². The fourth-order valence-corrected chi connectivity index (χ4v) is 0.962. The molecule has 0 saturated carbocycles. The number of nitrogens with zero attached hydrogens (tertiary/aromatic N) is 1. The van der Waals surface area contributed by atoms with E-state index in [1.165, 1.54) is 0 Å². The van der Waals surface area contributed by atoms with Gasteiger partial charge in [-0.3, -0.25) is 5.21 Å². The highest BCUT2D eigenvalue weighted by Gasteiger charge is 2.27. The lowest BCUT2D eigenvalue weighted by molar-refractivity contribution is -0.0546. The smallest absolute Gasteiger partial charge is 0.304 e. The van der Waals surface area contributed by atoms with Crippen LogP contribution >= 0.6 is 0 Å². The van der Waals surface area contributed by atoms with E-state index < -0.39 is 6.41 Å². The molecule has 0 saturated heterocycles. The minimum Gasteiger partial charge on any atom is -0.442 e. The Morgan fingerprint density at radius 1 is 1.64 bits per heavy atom. The van der Waals surface area contributed by atoms with Crippen molar-refractivity contribution in [2.45, 2.75) is 6.41 Å². The Balaban J connectivity index is 2.47. The largest absolute Gasteiger partial charge is 0.442 e. The zero-order chi connectivity index (χ0) is 7.84. The van der Waals surface area contributed by atoms with Gasteiger partial charge >= 0.3 is 6.41 Å². The summed E-state index contributed by atoms with van der Waals surface area (Å²) in [6.07, 6.45) is -1.30. The number of hydrogen-bond donors (Lipinski definition) is 2. The Kier molecular flexibility index (Phi) is 1.24. The van der Waals surface area contributed by atoms with E-state index in [0.29, 0.717) is 16.5 Å². The molecule has 0 aliphatic carbocycles. The third kappa shape index (κ3) is 0.840. The van der Waals surface area contributed by atoms with Crippen LogP contribution in [0, 0.1) is 6.07 Å². The van der Waals surface area contributed by atoms with Crippen molar-refractivity contribution in [1.82, 2.24) is 0 Å². The monoisotopic (exact) mass is 152 g/mol. The Morgan fingerprint density at radius 3 is 3.18 bits per heavy atom. The number of para-hydroxylation sites is 1. The molecule has 0 aromatic heterocycles. The lowest BCUT2D eigenvalue weighted by atomic mass is 10.3. The molecule has 2 N–H and O–H groups in total. The number of ether oxygens (including phenoxy) is 1. The second-order valence-electron chi connectivity index (χ2n) is 2.17. The van der Waals surface area contributed by atoms with E-state index in [1.54, 1.807) is 18.2 Å². The zero-order valence-corrected chi connectivity index (χ0v) is 5.56. The molecule has 1 aromatic carbocycles. The summed E-state index contributed by atoms with van der Waals surface area (Å²) in [5.41, 5.74) is 0.431. The summed E-state index contributed by atoms with van der Waals surface area (Å²) in [4.78, 5) is 0. The maximum atomic E-state index is 9.09. The second kappa shape index (κ2) is 2.11. The summed E-state index contributed by atoms with van der Waals surface area (Å²) in [5, 5.41) is 18.7. The predicted molar refractivity (Wildman–Crippen MR) is 36.2 cm³/mol. The summed E-state index contributed by atoms with van der Waals surface area (Å²) < 4.78 is 4.79. The van der Waals surface area contributed by atoms with Gasteiger partial charge in [-0.1, -0.05) is 12.1 Å². The molecular weight excluding hydrogens is 146 g/mol. The molecule has 1 aliphatic heterocycles. The number of hydrogen-bond acceptors (Lipinski definition) is 4. The number of benzene rings is 1. The third-order valence-electron chi connectivity index (χ3n) is 1.48. The molecule has 1 heterocycles. The fraction of sp³-hybridized carbons (Fsp3) is 0.143. The molecule has 0 amide bonds. The van der Waals surface area contributed by atoms with Crippen molar-refractivity contribution < 1.29 is 15.1 Å². The average molecular weight is 152 g/mol. The molecule has 0 bridgehead atoms. The van der Waals surface area contributed by atoms with E-state index in [0.717, 1.165) is 0 Å². The first-order valence-electron chi connectivity index (χ1n) is 3.12. The van der Waals surface area contributed by atoms with Gasteiger partial charge in [-0.2, -0.15) is 5.06 Å². The molecule has 0 fully saturated rings. The van der Waals surface area contributed by atoms with Gasteiger partial charge in [0.1, 0.15) is 5.69 Å². The zero-order valence-electron chi connectivity index (χ0n) is 5.56. The van der Waals surface area contributed by atoms with E-state index in [1.807, 2.05) is 0 Å². The Morgan fingerprint density at radius 2 is 2.45 bits per heavy atom. The molecule has 1 radical (unpaired) electrons. The number of fused-ring (bicyclic) bond motifs is 1. The summed E-state index contributed by atoms with van der Waals surface area (Å²) in [7, 11) is 0. The fourth-order valence-electron chi connectivity index (χ4n) is 0.962. The molecule has 1 aromatic rings. The van der Waals surface area contributed by atoms with Crippen molar-refractivity contribution >= 4 is 5.69 Å². The van der Waals surface area contributed by atoms with Crippen molar-refractivity contribution in [2.75, 3.05) is 5.06 Å². The van der Waals surface area contributed by atoms with Crippen LogP contribution in [0.25, 0.3) is 0 Å². The minimum atomic E-state index is -1.30. The number of aliphatic hydroxyl groups is 1. The average Bonchev–Trinajstić information content (AvgIpc) is 2.30. The molecule has 57 valence electrons. The van der Waals surface area contributed by atoms with Crippen molar-refractivity contribution in [1.29, 1.82) is 0 Å². The number of anilines is 1. The number of hydroxylamine groups is 1. The van der Waals surface area contributed by atoms with Gasteiger partial charge in [0.25, 0.3) is 0 Å². The molecule has 1 unspecified atom stereocenters. The van der Waals surface area contributed by atoms with Gasteiger partial charge < -0.3 is 9.84 Å². The third-order valence-corrected chi connectivity index (χ3v) is 1.48. The molecule has 2 rings (SSSR count). The molecule has 4 heteroatoms. The number of rotatable bonds is 0. The molecule has 1 atom stereocenters. The van der Waals surface area contributed by atoms with Crippen LogP contribution in [0.4, 0.5) is 5.69 Å². The highest BCUT2D eigenvalue weighted by molar-refractivity contribution is 5.58. The van der Waals surface area contributed by atoms with Crippen molar-refractivity contribution in [3.63, 3.8) is 0 Å². The van der Waals surface area contributed by atoms with Crippen LogP contribution in [0.3, 0.4) is 0 Å². The molecular formula is C7H6NO3. The molecule has 11 heavy (non-hydrogen) atoms. The van der Waals surface area contributed by atoms with Crippen LogP contribution in [0.2, 0.25) is 0 Å². The first-order chi connectivity index (χ1) is 5.29. The van der Waals surface area contributed by atoms with E-state index in [4.69, 9.17) is 15.1 Å². The highest BCUT2D eigenvalue weighted by atomic mass is 16.7. The first-order valence-corrected chi connectivity index (χ1v) is 3.12. The summed E-state index contributed by atoms with van der Waals surface area (Å²) >= 11 is 0. The Labute approximate surface area is 63.2 Å². The molecule has 4 nitrogen and oxygen atoms in total. The van der Waals surface area contributed by atoms with Gasteiger partial charge in [0.05, 0.1) is 0 Å². The number of aliphatic hydroxyl groups excluding tert-OH is 1. The lowest BCUT2D eigenvalue weighted by Gasteiger charge is -2.10. The van der Waals surface area contributed by atoms with Gasteiger partial charge in [0.2, 0.25) is 0 Å². The summed E-state index contributed by atoms with van der Waals surface area (Å²) in [6.45, 7) is 0. The predicted octanol–water partition coefficient (Wildman–Crippen LogP) is 0.351. The lowest BCUT2D eigenvalue weighted by Crippen LogP contribution is -2.30. The van der Waals surface area contributed by atoms with Gasteiger partial charge in [0, 0.05) is 6.07 Å². The molecule has 0 spiro atoms. The van der Waals surface area contributed by atoms with Crippen molar-refractivity contribution in [3.8, 4) is 5.75 Å². The Hall–Kier alpha value is -1.26. The Bertz CT molecular complexity index is 276. The van der Waals surface area contributed by atoms with Crippen LogP contribution in [-0.4, -0.2) is 16.7 Å². The maximum Gasteiger partial charge on any atom is 0.304 e. The summed E-state index contributed by atoms with van der Waals surface area (Å²) in [6, 6.07) is 7.69. The van der Waals surface area contributed by atoms with E-state index in [9.17, 15) is 0 Å². The molecule has 1 aliphatic rings. The SMILES string of the molecule is OC1Oc2[c]cccc2N1O. The highest BCUT2D eigenvalue weighted by Crippen LogP contribution is 2.33. The van der Waals surface area contributed by atoms with E-state index >= 15 is 0 Å². The normalized spacial score (nSPS) is 21.3.